The van der Waals surface area contributed by atoms with Crippen LogP contribution in [0.3, 0.4) is 0 Å². The predicted molar refractivity (Wildman–Crippen MR) is 69.8 cm³/mol. The first-order valence-corrected chi connectivity index (χ1v) is 5.81. The van der Waals surface area contributed by atoms with Gasteiger partial charge in [-0.15, -0.1) is 0 Å². The Morgan fingerprint density at radius 2 is 2.17 bits per heavy atom. The summed E-state index contributed by atoms with van der Waals surface area (Å²) in [7, 11) is 1.60. The van der Waals surface area contributed by atoms with Crippen molar-refractivity contribution in [2.45, 2.75) is 13.3 Å². The minimum Gasteiger partial charge on any atom is -0.481 e. The molecule has 5 heteroatoms. The van der Waals surface area contributed by atoms with Crippen LogP contribution in [0, 0.1) is 6.92 Å². The lowest BCUT2D eigenvalue weighted by Gasteiger charge is -2.07. The molecule has 1 N–H and O–H groups in total. The number of hydrogen-bond donors (Lipinski definition) is 1. The van der Waals surface area contributed by atoms with Crippen LogP contribution in [-0.2, 0) is 6.42 Å². The number of nitrogens with zero attached hydrogens (tertiary/aromatic N) is 3. The molecule has 0 bridgehead atoms. The number of rotatable bonds is 5. The summed E-state index contributed by atoms with van der Waals surface area (Å²) in [4.78, 5) is 12.8. The van der Waals surface area contributed by atoms with E-state index in [2.05, 4.69) is 20.3 Å². The van der Waals surface area contributed by atoms with Crippen LogP contribution in [-0.4, -0.2) is 28.6 Å². The Morgan fingerprint density at radius 1 is 1.28 bits per heavy atom. The van der Waals surface area contributed by atoms with Crippen LogP contribution in [0.15, 0.2) is 30.5 Å². The molecule has 0 radical (unpaired) electrons. The molecule has 0 atom stereocenters. The lowest BCUT2D eigenvalue weighted by Crippen LogP contribution is -2.09. The van der Waals surface area contributed by atoms with E-state index in [0.717, 1.165) is 24.4 Å². The largest absolute Gasteiger partial charge is 0.481 e. The van der Waals surface area contributed by atoms with Crippen LogP contribution >= 0.6 is 0 Å². The van der Waals surface area contributed by atoms with Gasteiger partial charge in [0.2, 0.25) is 11.8 Å². The minimum absolute atomic E-state index is 0.572. The van der Waals surface area contributed by atoms with Gasteiger partial charge in [0, 0.05) is 36.6 Å². The summed E-state index contributed by atoms with van der Waals surface area (Å²) < 4.78 is 5.10. The van der Waals surface area contributed by atoms with Crippen molar-refractivity contribution < 1.29 is 4.74 Å². The number of methoxy groups -OCH3 is 1. The molecule has 0 saturated heterocycles. The standard InChI is InChI=1S/C13H16N4O/c1-10-9-12(18-2)17-13(16-10)15-8-6-11-5-3-4-7-14-11/h3-5,7,9H,6,8H2,1-2H3,(H,15,16,17). The number of aromatic nitrogens is 3. The Bertz CT molecular complexity index is 502. The zero-order valence-electron chi connectivity index (χ0n) is 10.6. The molecule has 0 aliphatic rings. The molecule has 2 aromatic rings. The van der Waals surface area contributed by atoms with Crippen molar-refractivity contribution in [3.63, 3.8) is 0 Å². The third-order valence-electron chi connectivity index (χ3n) is 2.43. The smallest absolute Gasteiger partial charge is 0.226 e. The van der Waals surface area contributed by atoms with Gasteiger partial charge >= 0.3 is 0 Å². The van der Waals surface area contributed by atoms with Crippen molar-refractivity contribution in [1.82, 2.24) is 15.0 Å². The van der Waals surface area contributed by atoms with Crippen LogP contribution in [0.2, 0.25) is 0 Å². The van der Waals surface area contributed by atoms with Crippen molar-refractivity contribution in [3.8, 4) is 5.88 Å². The molecule has 0 saturated carbocycles. The summed E-state index contributed by atoms with van der Waals surface area (Å²) in [6.45, 7) is 2.65. The Morgan fingerprint density at radius 3 is 2.89 bits per heavy atom. The quantitative estimate of drug-likeness (QED) is 0.869. The fourth-order valence-electron chi connectivity index (χ4n) is 1.57. The molecule has 2 aromatic heterocycles. The monoisotopic (exact) mass is 244 g/mol. The molecule has 0 aliphatic heterocycles. The maximum Gasteiger partial charge on any atom is 0.226 e. The summed E-state index contributed by atoms with van der Waals surface area (Å²) in [6, 6.07) is 7.68. The van der Waals surface area contributed by atoms with E-state index in [1.165, 1.54) is 0 Å². The maximum atomic E-state index is 5.10. The average Bonchev–Trinajstić information content (AvgIpc) is 2.39. The van der Waals surface area contributed by atoms with Gasteiger partial charge < -0.3 is 10.1 Å². The van der Waals surface area contributed by atoms with Crippen LogP contribution in [0.1, 0.15) is 11.4 Å². The van der Waals surface area contributed by atoms with E-state index < -0.39 is 0 Å². The zero-order valence-corrected chi connectivity index (χ0v) is 10.6. The molecule has 18 heavy (non-hydrogen) atoms. The summed E-state index contributed by atoms with van der Waals surface area (Å²) in [5, 5.41) is 3.17. The lowest BCUT2D eigenvalue weighted by molar-refractivity contribution is 0.397. The van der Waals surface area contributed by atoms with Gasteiger partial charge in [0.05, 0.1) is 7.11 Å². The van der Waals surface area contributed by atoms with Gasteiger partial charge in [0.15, 0.2) is 0 Å². The van der Waals surface area contributed by atoms with E-state index >= 15 is 0 Å². The first-order valence-electron chi connectivity index (χ1n) is 5.81. The van der Waals surface area contributed by atoms with Crippen molar-refractivity contribution >= 4 is 5.95 Å². The summed E-state index contributed by atoms with van der Waals surface area (Å²) in [6.07, 6.45) is 2.63. The second kappa shape index (κ2) is 5.95. The fourth-order valence-corrected chi connectivity index (χ4v) is 1.57. The van der Waals surface area contributed by atoms with Gasteiger partial charge in [-0.25, -0.2) is 4.98 Å². The molecule has 0 aromatic carbocycles. The maximum absolute atomic E-state index is 5.10. The highest BCUT2D eigenvalue weighted by atomic mass is 16.5. The van der Waals surface area contributed by atoms with Crippen molar-refractivity contribution in [3.05, 3.63) is 41.9 Å². The second-order valence-corrected chi connectivity index (χ2v) is 3.87. The molecule has 5 nitrogen and oxygen atoms in total. The first kappa shape index (κ1) is 12.3. The molecule has 0 fully saturated rings. The zero-order chi connectivity index (χ0) is 12.8. The normalized spacial score (nSPS) is 10.1. The summed E-state index contributed by atoms with van der Waals surface area (Å²) in [5.74, 6) is 1.16. The molecule has 0 aliphatic carbocycles. The third-order valence-corrected chi connectivity index (χ3v) is 2.43. The molecular formula is C13H16N4O. The number of ether oxygens (including phenoxy) is 1. The molecule has 0 amide bonds. The summed E-state index contributed by atoms with van der Waals surface area (Å²) >= 11 is 0. The van der Waals surface area contributed by atoms with E-state index in [4.69, 9.17) is 4.74 Å². The van der Waals surface area contributed by atoms with Gasteiger partial charge in [-0.2, -0.15) is 4.98 Å². The van der Waals surface area contributed by atoms with Gasteiger partial charge in [0.1, 0.15) is 0 Å². The van der Waals surface area contributed by atoms with Crippen molar-refractivity contribution in [2.24, 2.45) is 0 Å². The molecule has 0 spiro atoms. The molecule has 2 rings (SSSR count). The Labute approximate surface area is 106 Å². The van der Waals surface area contributed by atoms with Gasteiger partial charge in [-0.05, 0) is 19.1 Å². The molecule has 2 heterocycles. The molecule has 94 valence electrons. The van der Waals surface area contributed by atoms with Gasteiger partial charge in [-0.3, -0.25) is 4.98 Å². The predicted octanol–water partition coefficient (Wildman–Crippen LogP) is 1.84. The SMILES string of the molecule is COc1cc(C)nc(NCCc2ccccn2)n1. The highest BCUT2D eigenvalue weighted by molar-refractivity contribution is 5.30. The molecule has 0 unspecified atom stereocenters. The van der Waals surface area contributed by atoms with E-state index in [9.17, 15) is 0 Å². The summed E-state index contributed by atoms with van der Waals surface area (Å²) in [5.41, 5.74) is 1.92. The minimum atomic E-state index is 0.572. The number of hydrogen-bond acceptors (Lipinski definition) is 5. The van der Waals surface area contributed by atoms with E-state index in [1.54, 1.807) is 19.4 Å². The van der Waals surface area contributed by atoms with Gasteiger partial charge in [0.25, 0.3) is 0 Å². The lowest BCUT2D eigenvalue weighted by atomic mass is 10.3. The third kappa shape index (κ3) is 3.41. The molecular weight excluding hydrogens is 228 g/mol. The average molecular weight is 244 g/mol. The van der Waals surface area contributed by atoms with Crippen molar-refractivity contribution in [1.29, 1.82) is 0 Å². The van der Waals surface area contributed by atoms with Crippen LogP contribution in [0.25, 0.3) is 0 Å². The number of anilines is 1. The van der Waals surface area contributed by atoms with Crippen LogP contribution in [0.4, 0.5) is 5.95 Å². The number of nitrogens with one attached hydrogen (secondary N) is 1. The Hall–Kier alpha value is -2.17. The second-order valence-electron chi connectivity index (χ2n) is 3.87. The Balaban J connectivity index is 1.92. The highest BCUT2D eigenvalue weighted by Crippen LogP contribution is 2.10. The number of pyridine rings is 1. The topological polar surface area (TPSA) is 59.9 Å². The Kier molecular flexibility index (Phi) is 4.06. The van der Waals surface area contributed by atoms with Gasteiger partial charge in [-0.1, -0.05) is 6.07 Å². The van der Waals surface area contributed by atoms with E-state index in [1.807, 2.05) is 25.1 Å². The number of aryl methyl sites for hydroxylation is 1. The highest BCUT2D eigenvalue weighted by Gasteiger charge is 2.01. The van der Waals surface area contributed by atoms with Crippen molar-refractivity contribution in [2.75, 3.05) is 19.0 Å². The van der Waals surface area contributed by atoms with E-state index in [-0.39, 0.29) is 0 Å². The van der Waals surface area contributed by atoms with E-state index in [0.29, 0.717) is 11.8 Å². The van der Waals surface area contributed by atoms with Crippen LogP contribution < -0.4 is 10.1 Å². The first-order chi connectivity index (χ1) is 8.78. The fraction of sp³-hybridized carbons (Fsp3) is 0.308. The van der Waals surface area contributed by atoms with Crippen LogP contribution in [0.5, 0.6) is 5.88 Å².